The van der Waals surface area contributed by atoms with Crippen LogP contribution in [0.1, 0.15) is 10.4 Å². The summed E-state index contributed by atoms with van der Waals surface area (Å²) in [5, 5.41) is 13.7. The Balaban J connectivity index is 1.50. The van der Waals surface area contributed by atoms with Crippen LogP contribution < -0.4 is 5.32 Å². The van der Waals surface area contributed by atoms with Gasteiger partial charge in [-0.05, 0) is 12.1 Å². The van der Waals surface area contributed by atoms with Crippen LogP contribution in [0.2, 0.25) is 0 Å². The third kappa shape index (κ3) is 2.96. The van der Waals surface area contributed by atoms with E-state index in [0.29, 0.717) is 12.2 Å². The number of rotatable bonds is 3. The molecule has 4 atom stereocenters. The molecule has 1 amide bonds. The first-order valence-electron chi connectivity index (χ1n) is 9.38. The molecule has 5 rings (SSSR count). The zero-order chi connectivity index (χ0) is 19.1. The molecular formula is C22H20N2O4. The van der Waals surface area contributed by atoms with Gasteiger partial charge in [0, 0.05) is 10.9 Å². The quantitative estimate of drug-likeness (QED) is 0.732. The average molecular weight is 376 g/mol. The number of pyridine rings is 1. The van der Waals surface area contributed by atoms with Gasteiger partial charge in [-0.25, -0.2) is 4.98 Å². The number of fused-ring (bicyclic) bond motifs is 2. The Bertz CT molecular complexity index is 1020. The Hall–Kier alpha value is -2.80. The van der Waals surface area contributed by atoms with Crippen molar-refractivity contribution >= 4 is 16.8 Å². The molecular weight excluding hydrogens is 356 g/mol. The maximum absolute atomic E-state index is 13.2. The molecule has 6 heteroatoms. The summed E-state index contributed by atoms with van der Waals surface area (Å²) in [6.07, 6.45) is -1.33. The molecule has 3 aromatic rings. The van der Waals surface area contributed by atoms with Gasteiger partial charge in [0.2, 0.25) is 0 Å². The molecule has 0 bridgehead atoms. The number of aliphatic hydroxyl groups excluding tert-OH is 1. The third-order valence-corrected chi connectivity index (χ3v) is 5.37. The Morgan fingerprint density at radius 2 is 1.75 bits per heavy atom. The SMILES string of the molecule is O=C(N[C@@H]1CO[C@H]2[C@@H]1OC[C@H]2O)c1cc(-c2ccccc2)nc2ccccc12. The molecule has 142 valence electrons. The number of aromatic nitrogens is 1. The van der Waals surface area contributed by atoms with E-state index in [1.165, 1.54) is 0 Å². The summed E-state index contributed by atoms with van der Waals surface area (Å²) in [6.45, 7) is 0.560. The highest BCUT2D eigenvalue weighted by Gasteiger charge is 2.47. The van der Waals surface area contributed by atoms with E-state index >= 15 is 0 Å². The highest BCUT2D eigenvalue weighted by molar-refractivity contribution is 6.07. The van der Waals surface area contributed by atoms with Crippen LogP contribution in [0.4, 0.5) is 0 Å². The maximum Gasteiger partial charge on any atom is 0.252 e. The average Bonchev–Trinajstić information content (AvgIpc) is 3.31. The van der Waals surface area contributed by atoms with Gasteiger partial charge >= 0.3 is 0 Å². The summed E-state index contributed by atoms with van der Waals surface area (Å²) >= 11 is 0. The Labute approximate surface area is 162 Å². The molecule has 0 saturated carbocycles. The van der Waals surface area contributed by atoms with Crippen molar-refractivity contribution in [2.45, 2.75) is 24.4 Å². The van der Waals surface area contributed by atoms with Gasteiger partial charge in [-0.1, -0.05) is 48.5 Å². The van der Waals surface area contributed by atoms with Crippen LogP contribution in [0.3, 0.4) is 0 Å². The van der Waals surface area contributed by atoms with Gasteiger partial charge < -0.3 is 19.9 Å². The maximum atomic E-state index is 13.2. The van der Waals surface area contributed by atoms with Crippen LogP contribution in [0.5, 0.6) is 0 Å². The van der Waals surface area contributed by atoms with Crippen LogP contribution in [-0.2, 0) is 9.47 Å². The second kappa shape index (κ2) is 6.98. The summed E-state index contributed by atoms with van der Waals surface area (Å²) < 4.78 is 11.2. The monoisotopic (exact) mass is 376 g/mol. The number of carbonyl (C=O) groups is 1. The lowest BCUT2D eigenvalue weighted by molar-refractivity contribution is 0.0178. The fourth-order valence-electron chi connectivity index (χ4n) is 3.97. The van der Waals surface area contributed by atoms with Crippen LogP contribution in [-0.4, -0.2) is 53.6 Å². The van der Waals surface area contributed by atoms with Crippen molar-refractivity contribution in [2.24, 2.45) is 0 Å². The first-order chi connectivity index (χ1) is 13.7. The normalized spacial score (nSPS) is 26.3. The fourth-order valence-corrected chi connectivity index (χ4v) is 3.97. The highest BCUT2D eigenvalue weighted by atomic mass is 16.6. The number of amides is 1. The molecule has 3 heterocycles. The first-order valence-corrected chi connectivity index (χ1v) is 9.38. The van der Waals surface area contributed by atoms with Crippen molar-refractivity contribution in [3.63, 3.8) is 0 Å². The number of aliphatic hydroxyl groups is 1. The summed E-state index contributed by atoms with van der Waals surface area (Å²) in [5.74, 6) is -0.199. The topological polar surface area (TPSA) is 80.7 Å². The third-order valence-electron chi connectivity index (χ3n) is 5.37. The second-order valence-electron chi connectivity index (χ2n) is 7.18. The van der Waals surface area contributed by atoms with Crippen LogP contribution in [0.25, 0.3) is 22.2 Å². The van der Waals surface area contributed by atoms with Gasteiger partial charge in [-0.15, -0.1) is 0 Å². The fraction of sp³-hybridized carbons (Fsp3) is 0.273. The van der Waals surface area contributed by atoms with E-state index in [2.05, 4.69) is 5.32 Å². The summed E-state index contributed by atoms with van der Waals surface area (Å²) in [5.41, 5.74) is 3.03. The van der Waals surface area contributed by atoms with Gasteiger partial charge in [-0.3, -0.25) is 4.79 Å². The summed E-state index contributed by atoms with van der Waals surface area (Å²) in [7, 11) is 0. The minimum absolute atomic E-state index is 0.199. The second-order valence-corrected chi connectivity index (χ2v) is 7.18. The van der Waals surface area contributed by atoms with E-state index in [9.17, 15) is 9.90 Å². The zero-order valence-electron chi connectivity index (χ0n) is 15.1. The number of carbonyl (C=O) groups excluding carboxylic acids is 1. The standard InChI is InChI=1S/C22H20N2O4/c25-19-12-28-20-18(11-27-21(19)20)24-22(26)15-10-17(13-6-2-1-3-7-13)23-16-9-5-4-8-14(15)16/h1-10,18-21,25H,11-12H2,(H,24,26)/t18-,19-,20-,21-/m1/s1. The minimum atomic E-state index is -0.640. The minimum Gasteiger partial charge on any atom is -0.388 e. The highest BCUT2D eigenvalue weighted by Crippen LogP contribution is 2.28. The van der Waals surface area contributed by atoms with Crippen molar-refractivity contribution in [3.8, 4) is 11.3 Å². The van der Waals surface area contributed by atoms with E-state index in [0.717, 1.165) is 22.2 Å². The van der Waals surface area contributed by atoms with Gasteiger partial charge in [0.25, 0.3) is 5.91 Å². The number of benzene rings is 2. The number of hydrogen-bond acceptors (Lipinski definition) is 5. The molecule has 28 heavy (non-hydrogen) atoms. The lowest BCUT2D eigenvalue weighted by Gasteiger charge is -2.18. The van der Waals surface area contributed by atoms with Gasteiger partial charge in [0.05, 0.1) is 36.0 Å². The Kier molecular flexibility index (Phi) is 4.31. The molecule has 0 aliphatic carbocycles. The number of ether oxygens (including phenoxy) is 2. The molecule has 2 aliphatic rings. The predicted molar refractivity (Wildman–Crippen MR) is 104 cm³/mol. The molecule has 2 aliphatic heterocycles. The van der Waals surface area contributed by atoms with E-state index in [1.54, 1.807) is 0 Å². The molecule has 0 unspecified atom stereocenters. The molecule has 0 spiro atoms. The van der Waals surface area contributed by atoms with Gasteiger partial charge in [-0.2, -0.15) is 0 Å². The van der Waals surface area contributed by atoms with Gasteiger partial charge in [0.1, 0.15) is 18.3 Å². The number of hydrogen-bond donors (Lipinski definition) is 2. The van der Waals surface area contributed by atoms with Crippen molar-refractivity contribution in [1.82, 2.24) is 10.3 Å². The predicted octanol–water partition coefficient (Wildman–Crippen LogP) is 2.16. The Morgan fingerprint density at radius 3 is 2.61 bits per heavy atom. The number of nitrogens with zero attached hydrogens (tertiary/aromatic N) is 1. The van der Waals surface area contributed by atoms with Crippen molar-refractivity contribution in [1.29, 1.82) is 0 Å². The molecule has 6 nitrogen and oxygen atoms in total. The molecule has 2 fully saturated rings. The van der Waals surface area contributed by atoms with Crippen LogP contribution in [0, 0.1) is 0 Å². The van der Waals surface area contributed by atoms with E-state index in [4.69, 9.17) is 14.5 Å². The van der Waals surface area contributed by atoms with Gasteiger partial charge in [0.15, 0.2) is 0 Å². The largest absolute Gasteiger partial charge is 0.388 e. The Morgan fingerprint density at radius 1 is 1.00 bits per heavy atom. The molecule has 2 N–H and O–H groups in total. The van der Waals surface area contributed by atoms with Crippen LogP contribution >= 0.6 is 0 Å². The van der Waals surface area contributed by atoms with Crippen molar-refractivity contribution < 1.29 is 19.4 Å². The molecule has 2 aromatic carbocycles. The molecule has 2 saturated heterocycles. The smallest absolute Gasteiger partial charge is 0.252 e. The first kappa shape index (κ1) is 17.3. The molecule has 1 aromatic heterocycles. The lowest BCUT2D eigenvalue weighted by Crippen LogP contribution is -2.44. The van der Waals surface area contributed by atoms with E-state index in [-0.39, 0.29) is 30.8 Å². The molecule has 0 radical (unpaired) electrons. The van der Waals surface area contributed by atoms with Crippen molar-refractivity contribution in [2.75, 3.05) is 13.2 Å². The van der Waals surface area contributed by atoms with Crippen LogP contribution in [0.15, 0.2) is 60.7 Å². The lowest BCUT2D eigenvalue weighted by atomic mass is 10.0. The summed E-state index contributed by atoms with van der Waals surface area (Å²) in [4.78, 5) is 17.9. The number of nitrogens with one attached hydrogen (secondary N) is 1. The summed E-state index contributed by atoms with van der Waals surface area (Å²) in [6, 6.07) is 18.9. The number of para-hydroxylation sites is 1. The van der Waals surface area contributed by atoms with E-state index < -0.39 is 6.10 Å². The van der Waals surface area contributed by atoms with Crippen molar-refractivity contribution in [3.05, 3.63) is 66.2 Å². The van der Waals surface area contributed by atoms with E-state index in [1.807, 2.05) is 60.7 Å². The zero-order valence-corrected chi connectivity index (χ0v) is 15.1.